The number of halogens is 1. The molecule has 6 heteroatoms. The van der Waals surface area contributed by atoms with Gasteiger partial charge in [-0.25, -0.2) is 9.97 Å². The summed E-state index contributed by atoms with van der Waals surface area (Å²) in [6.45, 7) is 0. The van der Waals surface area contributed by atoms with E-state index in [0.29, 0.717) is 17.2 Å². The van der Waals surface area contributed by atoms with Crippen molar-refractivity contribution in [3.63, 3.8) is 0 Å². The number of aromatic amines is 1. The standard InChI is InChI=1S/C11H8BrN5/c12-6-3-9-11(15-4-6)17-10(16-9)7-1-2-14-5-8(7)13/h1-5H,13H2,(H,15,16,17). The number of nitrogens with one attached hydrogen (secondary N) is 1. The van der Waals surface area contributed by atoms with Gasteiger partial charge in [-0.15, -0.1) is 0 Å². The molecule has 0 atom stereocenters. The molecule has 0 aliphatic rings. The van der Waals surface area contributed by atoms with Gasteiger partial charge in [-0.2, -0.15) is 0 Å². The highest BCUT2D eigenvalue weighted by atomic mass is 79.9. The maximum atomic E-state index is 5.85. The van der Waals surface area contributed by atoms with E-state index in [1.165, 1.54) is 0 Å². The Balaban J connectivity index is 2.22. The van der Waals surface area contributed by atoms with Gasteiger partial charge >= 0.3 is 0 Å². The van der Waals surface area contributed by atoms with Crippen LogP contribution in [0.15, 0.2) is 35.2 Å². The molecule has 0 aromatic carbocycles. The SMILES string of the molecule is Nc1cnccc1-c1nc2ncc(Br)cc2[nH]1. The number of nitrogens with zero attached hydrogens (tertiary/aromatic N) is 3. The van der Waals surface area contributed by atoms with E-state index in [1.54, 1.807) is 18.6 Å². The molecule has 0 aliphatic carbocycles. The lowest BCUT2D eigenvalue weighted by atomic mass is 10.2. The second kappa shape index (κ2) is 3.81. The predicted octanol–water partition coefficient (Wildman–Crippen LogP) is 2.36. The van der Waals surface area contributed by atoms with Crippen LogP contribution in [0.2, 0.25) is 0 Å². The smallest absolute Gasteiger partial charge is 0.178 e. The van der Waals surface area contributed by atoms with E-state index in [9.17, 15) is 0 Å². The fourth-order valence-electron chi connectivity index (χ4n) is 1.62. The van der Waals surface area contributed by atoms with Gasteiger partial charge in [0, 0.05) is 22.4 Å². The second-order valence-electron chi connectivity index (χ2n) is 3.57. The molecular formula is C11H8BrN5. The van der Waals surface area contributed by atoms with E-state index < -0.39 is 0 Å². The summed E-state index contributed by atoms with van der Waals surface area (Å²) in [4.78, 5) is 15.7. The number of nitrogen functional groups attached to an aromatic ring is 1. The van der Waals surface area contributed by atoms with Crippen molar-refractivity contribution >= 4 is 32.8 Å². The first-order valence-electron chi connectivity index (χ1n) is 4.95. The molecular weight excluding hydrogens is 282 g/mol. The third-order valence-corrected chi connectivity index (χ3v) is 2.84. The Morgan fingerprint density at radius 2 is 2.18 bits per heavy atom. The van der Waals surface area contributed by atoms with Crippen LogP contribution in [-0.2, 0) is 0 Å². The Bertz CT molecular complexity index is 691. The number of nitrogens with two attached hydrogens (primary N) is 1. The molecule has 3 N–H and O–H groups in total. The molecule has 0 saturated carbocycles. The topological polar surface area (TPSA) is 80.5 Å². The number of fused-ring (bicyclic) bond motifs is 1. The summed E-state index contributed by atoms with van der Waals surface area (Å²) in [5.74, 6) is 0.700. The molecule has 0 amide bonds. The molecule has 3 rings (SSSR count). The van der Waals surface area contributed by atoms with Crippen LogP contribution < -0.4 is 5.73 Å². The summed E-state index contributed by atoms with van der Waals surface area (Å²) in [5, 5.41) is 0. The molecule has 0 saturated heterocycles. The van der Waals surface area contributed by atoms with Crippen LogP contribution >= 0.6 is 15.9 Å². The average molecular weight is 290 g/mol. The Labute approximate surface area is 105 Å². The molecule has 0 fully saturated rings. The van der Waals surface area contributed by atoms with Crippen LogP contribution in [-0.4, -0.2) is 19.9 Å². The van der Waals surface area contributed by atoms with Crippen LogP contribution in [0.1, 0.15) is 0 Å². The summed E-state index contributed by atoms with van der Waals surface area (Å²) in [6, 6.07) is 3.75. The highest BCUT2D eigenvalue weighted by molar-refractivity contribution is 9.10. The number of pyridine rings is 2. The molecule has 0 spiro atoms. The number of imidazole rings is 1. The number of hydrogen-bond acceptors (Lipinski definition) is 4. The first-order valence-corrected chi connectivity index (χ1v) is 5.74. The van der Waals surface area contributed by atoms with Crippen molar-refractivity contribution in [1.29, 1.82) is 0 Å². The van der Waals surface area contributed by atoms with E-state index in [2.05, 4.69) is 35.9 Å². The van der Waals surface area contributed by atoms with Crippen LogP contribution in [0, 0.1) is 0 Å². The molecule has 17 heavy (non-hydrogen) atoms. The number of H-pyrrole nitrogens is 1. The largest absolute Gasteiger partial charge is 0.397 e. The van der Waals surface area contributed by atoms with Crippen molar-refractivity contribution in [3.05, 3.63) is 35.2 Å². The predicted molar refractivity (Wildman–Crippen MR) is 69.2 cm³/mol. The fraction of sp³-hybridized carbons (Fsp3) is 0. The first-order chi connectivity index (χ1) is 8.24. The highest BCUT2D eigenvalue weighted by Gasteiger charge is 2.08. The zero-order valence-electron chi connectivity index (χ0n) is 8.68. The second-order valence-corrected chi connectivity index (χ2v) is 4.49. The van der Waals surface area contributed by atoms with Gasteiger partial charge in [0.2, 0.25) is 0 Å². The Kier molecular flexibility index (Phi) is 2.29. The molecule has 5 nitrogen and oxygen atoms in total. The lowest BCUT2D eigenvalue weighted by Crippen LogP contribution is -1.91. The monoisotopic (exact) mass is 289 g/mol. The van der Waals surface area contributed by atoms with Crippen molar-refractivity contribution in [2.24, 2.45) is 0 Å². The van der Waals surface area contributed by atoms with Crippen molar-refractivity contribution in [3.8, 4) is 11.4 Å². The van der Waals surface area contributed by atoms with E-state index in [-0.39, 0.29) is 0 Å². The van der Waals surface area contributed by atoms with Crippen LogP contribution in [0.5, 0.6) is 0 Å². The van der Waals surface area contributed by atoms with Crippen LogP contribution in [0.4, 0.5) is 5.69 Å². The lowest BCUT2D eigenvalue weighted by molar-refractivity contribution is 1.27. The Morgan fingerprint density at radius 3 is 3.00 bits per heavy atom. The van der Waals surface area contributed by atoms with Gasteiger partial charge in [0.05, 0.1) is 17.4 Å². The maximum Gasteiger partial charge on any atom is 0.178 e. The highest BCUT2D eigenvalue weighted by Crippen LogP contribution is 2.24. The molecule has 3 heterocycles. The Morgan fingerprint density at radius 1 is 1.29 bits per heavy atom. The lowest BCUT2D eigenvalue weighted by Gasteiger charge is -1.99. The maximum absolute atomic E-state index is 5.85. The zero-order chi connectivity index (χ0) is 11.8. The zero-order valence-corrected chi connectivity index (χ0v) is 10.3. The van der Waals surface area contributed by atoms with Crippen molar-refractivity contribution in [1.82, 2.24) is 19.9 Å². The van der Waals surface area contributed by atoms with Crippen molar-refractivity contribution in [2.45, 2.75) is 0 Å². The summed E-state index contributed by atoms with van der Waals surface area (Å²) in [5.41, 5.74) is 8.80. The minimum atomic E-state index is 0.589. The number of rotatable bonds is 1. The van der Waals surface area contributed by atoms with Gasteiger partial charge in [0.1, 0.15) is 5.82 Å². The van der Waals surface area contributed by atoms with E-state index in [0.717, 1.165) is 15.6 Å². The summed E-state index contributed by atoms with van der Waals surface area (Å²) >= 11 is 3.37. The van der Waals surface area contributed by atoms with Gasteiger partial charge in [0.15, 0.2) is 5.65 Å². The molecule has 0 unspecified atom stereocenters. The van der Waals surface area contributed by atoms with Crippen LogP contribution in [0.3, 0.4) is 0 Å². The molecule has 0 bridgehead atoms. The molecule has 3 aromatic heterocycles. The average Bonchev–Trinajstić information content (AvgIpc) is 2.72. The van der Waals surface area contributed by atoms with Gasteiger partial charge in [-0.1, -0.05) is 0 Å². The summed E-state index contributed by atoms with van der Waals surface area (Å²) in [6.07, 6.45) is 5.00. The minimum Gasteiger partial charge on any atom is -0.397 e. The number of hydrogen-bond donors (Lipinski definition) is 2. The van der Waals surface area contributed by atoms with Gasteiger partial charge in [-0.3, -0.25) is 4.98 Å². The minimum absolute atomic E-state index is 0.589. The fourth-order valence-corrected chi connectivity index (χ4v) is 1.96. The molecule has 3 aromatic rings. The first kappa shape index (κ1) is 10.2. The normalized spacial score (nSPS) is 10.9. The Hall–Kier alpha value is -1.95. The summed E-state index contributed by atoms with van der Waals surface area (Å²) in [7, 11) is 0. The third kappa shape index (κ3) is 1.76. The van der Waals surface area contributed by atoms with Gasteiger partial charge in [0.25, 0.3) is 0 Å². The van der Waals surface area contributed by atoms with E-state index >= 15 is 0 Å². The van der Waals surface area contributed by atoms with Crippen molar-refractivity contribution in [2.75, 3.05) is 5.73 Å². The van der Waals surface area contributed by atoms with E-state index in [1.807, 2.05) is 12.1 Å². The van der Waals surface area contributed by atoms with Gasteiger partial charge in [-0.05, 0) is 28.1 Å². The quantitative estimate of drug-likeness (QED) is 0.721. The van der Waals surface area contributed by atoms with Crippen molar-refractivity contribution < 1.29 is 0 Å². The molecule has 0 radical (unpaired) electrons. The third-order valence-electron chi connectivity index (χ3n) is 2.41. The summed E-state index contributed by atoms with van der Waals surface area (Å²) < 4.78 is 0.905. The molecule has 84 valence electrons. The van der Waals surface area contributed by atoms with Gasteiger partial charge < -0.3 is 10.7 Å². The van der Waals surface area contributed by atoms with E-state index in [4.69, 9.17) is 5.73 Å². The van der Waals surface area contributed by atoms with Crippen LogP contribution in [0.25, 0.3) is 22.6 Å². The number of aromatic nitrogens is 4. The number of anilines is 1. The molecule has 0 aliphatic heterocycles.